The van der Waals surface area contributed by atoms with Crippen molar-refractivity contribution in [3.63, 3.8) is 0 Å². The molecule has 2 nitrogen and oxygen atoms in total. The van der Waals surface area contributed by atoms with Crippen LogP contribution < -0.4 is 5.73 Å². The molecule has 0 saturated carbocycles. The van der Waals surface area contributed by atoms with E-state index >= 15 is 0 Å². The number of hydrogen-bond acceptors (Lipinski definition) is 2. The summed E-state index contributed by atoms with van der Waals surface area (Å²) in [5, 5.41) is 0. The van der Waals surface area contributed by atoms with Crippen LogP contribution in [0.4, 0.5) is 23.2 Å². The van der Waals surface area contributed by atoms with E-state index in [0.29, 0.717) is 0 Å². The molecule has 7 heteroatoms. The lowest BCUT2D eigenvalue weighted by atomic mass is 10.2. The van der Waals surface area contributed by atoms with Crippen LogP contribution in [0.3, 0.4) is 0 Å². The number of halogens is 4. The van der Waals surface area contributed by atoms with Crippen molar-refractivity contribution in [2.45, 2.75) is 4.90 Å². The second-order valence-electron chi connectivity index (χ2n) is 2.45. The summed E-state index contributed by atoms with van der Waals surface area (Å²) in [6.45, 7) is 0. The third-order valence-corrected chi connectivity index (χ3v) is 2.52. The molecule has 0 aliphatic carbocycles. The Bertz CT molecular complexity index is 392. The first kappa shape index (κ1) is 11.0. The predicted octanol–water partition coefficient (Wildman–Crippen LogP) is 1.56. The predicted molar refractivity (Wildman–Crippen MR) is 43.0 cm³/mol. The van der Waals surface area contributed by atoms with Gasteiger partial charge in [-0.25, -0.2) is 17.6 Å². The third kappa shape index (κ3) is 1.47. The third-order valence-electron chi connectivity index (χ3n) is 1.55. The van der Waals surface area contributed by atoms with Gasteiger partial charge < -0.3 is 5.73 Å². The van der Waals surface area contributed by atoms with E-state index in [2.05, 4.69) is 0 Å². The van der Waals surface area contributed by atoms with Crippen molar-refractivity contribution in [2.24, 2.45) is 0 Å². The van der Waals surface area contributed by atoms with Crippen LogP contribution in [-0.2, 0) is 10.8 Å². The van der Waals surface area contributed by atoms with Gasteiger partial charge in [0.1, 0.15) is 4.90 Å². The molecule has 1 aromatic carbocycles. The lowest BCUT2D eigenvalue weighted by molar-refractivity contribution is 0.400. The molecule has 0 fully saturated rings. The molecule has 0 radical (unpaired) electrons. The summed E-state index contributed by atoms with van der Waals surface area (Å²) in [4.78, 5) is -0.860. The van der Waals surface area contributed by atoms with E-state index in [1.165, 1.54) is 0 Å². The fourth-order valence-electron chi connectivity index (χ4n) is 0.910. The number of nitrogen functional groups attached to an aromatic ring is 1. The van der Waals surface area contributed by atoms with Crippen LogP contribution in [0.25, 0.3) is 0 Å². The van der Waals surface area contributed by atoms with Gasteiger partial charge in [0.2, 0.25) is 0 Å². The van der Waals surface area contributed by atoms with Gasteiger partial charge in [-0.05, 0) is 0 Å². The molecule has 0 aliphatic rings. The molecular formula is C7H5F4NOS. The van der Waals surface area contributed by atoms with Crippen molar-refractivity contribution >= 4 is 16.5 Å². The number of nitrogens with two attached hydrogens (primary N) is 1. The monoisotopic (exact) mass is 227 g/mol. The summed E-state index contributed by atoms with van der Waals surface area (Å²) in [5.74, 6) is -7.47. The minimum atomic E-state index is -2.03. The molecule has 0 aromatic heterocycles. The molecule has 1 aromatic rings. The molecule has 0 heterocycles. The fourth-order valence-corrected chi connectivity index (χ4v) is 1.65. The van der Waals surface area contributed by atoms with Gasteiger partial charge in [0, 0.05) is 6.26 Å². The van der Waals surface area contributed by atoms with Crippen LogP contribution in [-0.4, -0.2) is 10.5 Å². The summed E-state index contributed by atoms with van der Waals surface area (Å²) in [6.07, 6.45) is 0.978. The minimum Gasteiger partial charge on any atom is -0.395 e. The fraction of sp³-hybridized carbons (Fsp3) is 0.143. The minimum absolute atomic E-state index is 0.860. The molecular weight excluding hydrogens is 222 g/mol. The molecule has 0 saturated heterocycles. The van der Waals surface area contributed by atoms with Gasteiger partial charge >= 0.3 is 0 Å². The molecule has 14 heavy (non-hydrogen) atoms. The van der Waals surface area contributed by atoms with E-state index in [1.54, 1.807) is 0 Å². The highest BCUT2D eigenvalue weighted by Gasteiger charge is 2.25. The van der Waals surface area contributed by atoms with E-state index < -0.39 is 44.7 Å². The SMILES string of the molecule is CS(=O)c1c(N)c(F)c(F)c(F)c1F. The summed E-state index contributed by atoms with van der Waals surface area (Å²) >= 11 is 0. The second-order valence-corrected chi connectivity index (χ2v) is 3.77. The quantitative estimate of drug-likeness (QED) is 0.342. The molecule has 2 N–H and O–H groups in total. The maximum atomic E-state index is 12.9. The van der Waals surface area contributed by atoms with Gasteiger partial charge in [0.05, 0.1) is 16.5 Å². The van der Waals surface area contributed by atoms with E-state index in [-0.39, 0.29) is 0 Å². The van der Waals surface area contributed by atoms with Gasteiger partial charge in [-0.15, -0.1) is 0 Å². The van der Waals surface area contributed by atoms with Crippen molar-refractivity contribution in [1.29, 1.82) is 0 Å². The largest absolute Gasteiger partial charge is 0.395 e. The highest BCUT2D eigenvalue weighted by atomic mass is 32.2. The first-order valence-electron chi connectivity index (χ1n) is 3.32. The van der Waals surface area contributed by atoms with E-state index in [4.69, 9.17) is 5.73 Å². The van der Waals surface area contributed by atoms with Gasteiger partial charge in [0.15, 0.2) is 23.3 Å². The molecule has 0 aliphatic heterocycles. The van der Waals surface area contributed by atoms with Gasteiger partial charge in [0.25, 0.3) is 0 Å². The van der Waals surface area contributed by atoms with Gasteiger partial charge in [-0.2, -0.15) is 0 Å². The summed E-state index contributed by atoms with van der Waals surface area (Å²) < 4.78 is 61.6. The smallest absolute Gasteiger partial charge is 0.199 e. The summed E-state index contributed by atoms with van der Waals surface area (Å²) in [5.41, 5.74) is 3.97. The van der Waals surface area contributed by atoms with Crippen molar-refractivity contribution in [3.8, 4) is 0 Å². The normalized spacial score (nSPS) is 12.9. The second kappa shape index (κ2) is 3.56. The Labute approximate surface area is 79.2 Å². The van der Waals surface area contributed by atoms with E-state index in [1.807, 2.05) is 0 Å². The standard InChI is InChI=1S/C7H5F4NOS/c1-14(13)7-5(11)3(9)2(8)4(10)6(7)12/h12H2,1H3. The van der Waals surface area contributed by atoms with Gasteiger partial charge in [-0.1, -0.05) is 0 Å². The highest BCUT2D eigenvalue weighted by Crippen LogP contribution is 2.27. The van der Waals surface area contributed by atoms with Crippen LogP contribution in [0.2, 0.25) is 0 Å². The molecule has 0 amide bonds. The van der Waals surface area contributed by atoms with E-state index in [0.717, 1.165) is 6.26 Å². The van der Waals surface area contributed by atoms with Crippen LogP contribution in [0, 0.1) is 23.3 Å². The Balaban J connectivity index is 3.68. The van der Waals surface area contributed by atoms with Gasteiger partial charge in [-0.3, -0.25) is 4.21 Å². The Morgan fingerprint density at radius 1 is 1.00 bits per heavy atom. The number of rotatable bonds is 1. The highest BCUT2D eigenvalue weighted by molar-refractivity contribution is 7.84. The Hall–Kier alpha value is -1.11. The first-order chi connectivity index (χ1) is 6.37. The topological polar surface area (TPSA) is 43.1 Å². The Morgan fingerprint density at radius 2 is 1.43 bits per heavy atom. The molecule has 78 valence electrons. The number of hydrogen-bond donors (Lipinski definition) is 1. The average molecular weight is 227 g/mol. The van der Waals surface area contributed by atoms with Crippen LogP contribution in [0.15, 0.2) is 4.90 Å². The number of benzene rings is 1. The van der Waals surface area contributed by atoms with Crippen LogP contribution in [0.5, 0.6) is 0 Å². The van der Waals surface area contributed by atoms with Crippen LogP contribution >= 0.6 is 0 Å². The molecule has 0 spiro atoms. The number of anilines is 1. The zero-order valence-corrected chi connectivity index (χ0v) is 7.72. The van der Waals surface area contributed by atoms with Crippen molar-refractivity contribution in [1.82, 2.24) is 0 Å². The van der Waals surface area contributed by atoms with Crippen molar-refractivity contribution in [3.05, 3.63) is 23.3 Å². The lowest BCUT2D eigenvalue weighted by Crippen LogP contribution is -2.08. The molecule has 1 unspecified atom stereocenters. The van der Waals surface area contributed by atoms with Crippen molar-refractivity contribution in [2.75, 3.05) is 12.0 Å². The zero-order valence-electron chi connectivity index (χ0n) is 6.91. The lowest BCUT2D eigenvalue weighted by Gasteiger charge is -2.06. The summed E-state index contributed by atoms with van der Waals surface area (Å²) in [7, 11) is -2.03. The summed E-state index contributed by atoms with van der Waals surface area (Å²) in [6, 6.07) is 0. The average Bonchev–Trinajstić information content (AvgIpc) is 2.11. The van der Waals surface area contributed by atoms with Crippen LogP contribution in [0.1, 0.15) is 0 Å². The molecule has 0 bridgehead atoms. The first-order valence-corrected chi connectivity index (χ1v) is 4.88. The molecule has 1 rings (SSSR count). The van der Waals surface area contributed by atoms with E-state index in [9.17, 15) is 21.8 Å². The maximum Gasteiger partial charge on any atom is 0.199 e. The maximum absolute atomic E-state index is 12.9. The molecule has 1 atom stereocenters. The van der Waals surface area contributed by atoms with Crippen molar-refractivity contribution < 1.29 is 21.8 Å². The Kier molecular flexibility index (Phi) is 2.79. The zero-order chi connectivity index (χ0) is 11.0. The Morgan fingerprint density at radius 3 is 1.86 bits per heavy atom.